The summed E-state index contributed by atoms with van der Waals surface area (Å²) in [7, 11) is -7.35. The molecule has 0 spiro atoms. The van der Waals surface area contributed by atoms with Gasteiger partial charge in [0.1, 0.15) is 15.9 Å². The number of nitrogens with zero attached hydrogens (tertiary/aromatic N) is 1. The lowest BCUT2D eigenvalue weighted by atomic mass is 10.2. The van der Waals surface area contributed by atoms with Crippen molar-refractivity contribution in [2.45, 2.75) is 12.5 Å². The number of hydrogen-bond acceptors (Lipinski definition) is 7. The Morgan fingerprint density at radius 2 is 1.93 bits per heavy atom. The SMILES string of the molecule is CS(=O)(=O)CCC(NS(=O)(=O)C=Cc1ccccc1)C(=O)Nc1nccs1. The van der Waals surface area contributed by atoms with Crippen molar-refractivity contribution in [1.29, 1.82) is 0 Å². The van der Waals surface area contributed by atoms with Gasteiger partial charge < -0.3 is 5.32 Å². The van der Waals surface area contributed by atoms with Gasteiger partial charge in [0.15, 0.2) is 5.13 Å². The highest BCUT2D eigenvalue weighted by Crippen LogP contribution is 2.12. The Hall–Kier alpha value is -2.08. The van der Waals surface area contributed by atoms with Crippen molar-refractivity contribution >= 4 is 48.3 Å². The third-order valence-electron chi connectivity index (χ3n) is 3.30. The van der Waals surface area contributed by atoms with Crippen LogP contribution in [-0.2, 0) is 24.7 Å². The summed E-state index contributed by atoms with van der Waals surface area (Å²) in [6.07, 6.45) is 3.69. The van der Waals surface area contributed by atoms with E-state index >= 15 is 0 Å². The topological polar surface area (TPSA) is 122 Å². The lowest BCUT2D eigenvalue weighted by molar-refractivity contribution is -0.117. The van der Waals surface area contributed by atoms with Crippen LogP contribution in [0.4, 0.5) is 5.13 Å². The van der Waals surface area contributed by atoms with Crippen molar-refractivity contribution in [3.05, 3.63) is 52.9 Å². The largest absolute Gasteiger partial charge is 0.301 e. The van der Waals surface area contributed by atoms with Crippen LogP contribution in [0.1, 0.15) is 12.0 Å². The minimum atomic E-state index is -3.97. The average Bonchev–Trinajstić information content (AvgIpc) is 3.10. The number of anilines is 1. The molecule has 0 bridgehead atoms. The van der Waals surface area contributed by atoms with E-state index < -0.39 is 31.8 Å². The molecule has 11 heteroatoms. The first kappa shape index (κ1) is 21.2. The van der Waals surface area contributed by atoms with E-state index in [0.717, 1.165) is 11.7 Å². The first-order valence-electron chi connectivity index (χ1n) is 7.78. The number of amides is 1. The van der Waals surface area contributed by atoms with E-state index in [1.54, 1.807) is 35.7 Å². The van der Waals surface area contributed by atoms with Crippen LogP contribution < -0.4 is 10.0 Å². The lowest BCUT2D eigenvalue weighted by Crippen LogP contribution is -2.44. The molecule has 27 heavy (non-hydrogen) atoms. The summed E-state index contributed by atoms with van der Waals surface area (Å²) >= 11 is 1.17. The molecule has 1 unspecified atom stereocenters. The van der Waals surface area contributed by atoms with Crippen molar-refractivity contribution < 1.29 is 21.6 Å². The Kier molecular flexibility index (Phi) is 7.25. The summed E-state index contributed by atoms with van der Waals surface area (Å²) < 4.78 is 49.7. The maximum absolute atomic E-state index is 12.4. The molecule has 1 aromatic carbocycles. The fourth-order valence-electron chi connectivity index (χ4n) is 2.02. The molecule has 0 saturated heterocycles. The quantitative estimate of drug-likeness (QED) is 0.622. The molecule has 0 saturated carbocycles. The monoisotopic (exact) mass is 429 g/mol. The number of hydrogen-bond donors (Lipinski definition) is 2. The Balaban J connectivity index is 2.13. The molecule has 8 nitrogen and oxygen atoms in total. The highest BCUT2D eigenvalue weighted by molar-refractivity contribution is 7.92. The summed E-state index contributed by atoms with van der Waals surface area (Å²) in [6.45, 7) is 0. The first-order valence-corrected chi connectivity index (χ1v) is 12.3. The van der Waals surface area contributed by atoms with Gasteiger partial charge in [-0.2, -0.15) is 4.72 Å². The zero-order valence-electron chi connectivity index (χ0n) is 14.4. The maximum Gasteiger partial charge on any atom is 0.244 e. The molecule has 1 amide bonds. The average molecular weight is 430 g/mol. The van der Waals surface area contributed by atoms with Gasteiger partial charge in [0.2, 0.25) is 15.9 Å². The second-order valence-electron chi connectivity index (χ2n) is 5.67. The van der Waals surface area contributed by atoms with Crippen LogP contribution in [0.25, 0.3) is 6.08 Å². The number of sulfone groups is 1. The highest BCUT2D eigenvalue weighted by Gasteiger charge is 2.25. The van der Waals surface area contributed by atoms with E-state index in [-0.39, 0.29) is 12.2 Å². The van der Waals surface area contributed by atoms with Gasteiger partial charge in [0.25, 0.3) is 0 Å². The number of aromatic nitrogens is 1. The first-order chi connectivity index (χ1) is 12.6. The van der Waals surface area contributed by atoms with Crippen molar-refractivity contribution in [2.75, 3.05) is 17.3 Å². The van der Waals surface area contributed by atoms with Crippen LogP contribution in [0.2, 0.25) is 0 Å². The molecule has 0 aliphatic rings. The predicted molar refractivity (Wildman–Crippen MR) is 106 cm³/mol. The van der Waals surface area contributed by atoms with Crippen molar-refractivity contribution in [3.63, 3.8) is 0 Å². The molecule has 0 fully saturated rings. The lowest BCUT2D eigenvalue weighted by Gasteiger charge is -2.16. The Morgan fingerprint density at radius 3 is 2.52 bits per heavy atom. The third kappa shape index (κ3) is 7.99. The molecule has 2 rings (SSSR count). The number of thiazole rings is 1. The normalized spacial score (nSPS) is 13.5. The van der Waals surface area contributed by atoms with Crippen molar-refractivity contribution in [2.24, 2.45) is 0 Å². The van der Waals surface area contributed by atoms with Gasteiger partial charge in [-0.1, -0.05) is 30.3 Å². The van der Waals surface area contributed by atoms with E-state index in [0.29, 0.717) is 10.7 Å². The zero-order valence-corrected chi connectivity index (χ0v) is 16.9. The van der Waals surface area contributed by atoms with E-state index in [4.69, 9.17) is 0 Å². The van der Waals surface area contributed by atoms with Crippen molar-refractivity contribution in [1.82, 2.24) is 9.71 Å². The van der Waals surface area contributed by atoms with Gasteiger partial charge in [0, 0.05) is 23.2 Å². The van der Waals surface area contributed by atoms with Gasteiger partial charge in [-0.3, -0.25) is 4.79 Å². The molecule has 0 aliphatic heterocycles. The zero-order chi connectivity index (χ0) is 19.9. The molecule has 2 aromatic rings. The standard InChI is InChI=1S/C16H19N3O5S3/c1-26(21,22)11-8-14(15(20)18-16-17-9-10-25-16)19-27(23,24)12-7-13-5-3-2-4-6-13/h2-7,9-10,12,14,19H,8,11H2,1H3,(H,17,18,20). The van der Waals surface area contributed by atoms with E-state index in [1.165, 1.54) is 23.6 Å². The minimum Gasteiger partial charge on any atom is -0.301 e. The molecule has 0 radical (unpaired) electrons. The molecule has 0 aliphatic carbocycles. The number of rotatable bonds is 9. The molecular formula is C16H19N3O5S3. The third-order valence-corrected chi connectivity index (χ3v) is 6.08. The second-order valence-corrected chi connectivity index (χ2v) is 10.4. The summed E-state index contributed by atoms with van der Waals surface area (Å²) in [5.74, 6) is -1.02. The molecule has 1 atom stereocenters. The van der Waals surface area contributed by atoms with E-state index in [9.17, 15) is 21.6 Å². The van der Waals surface area contributed by atoms with Gasteiger partial charge in [-0.15, -0.1) is 11.3 Å². The fourth-order valence-corrected chi connectivity index (χ4v) is 4.26. The van der Waals surface area contributed by atoms with Crippen LogP contribution in [0.3, 0.4) is 0 Å². The summed E-state index contributed by atoms with van der Waals surface area (Å²) in [6, 6.07) is 7.51. The van der Waals surface area contributed by atoms with Gasteiger partial charge in [-0.25, -0.2) is 21.8 Å². The smallest absolute Gasteiger partial charge is 0.244 e. The Morgan fingerprint density at radius 1 is 1.22 bits per heavy atom. The second kappa shape index (κ2) is 9.22. The molecule has 1 heterocycles. The Labute approximate surface area is 162 Å². The minimum absolute atomic E-state index is 0.200. The van der Waals surface area contributed by atoms with Crippen LogP contribution in [0.15, 0.2) is 47.3 Å². The number of benzene rings is 1. The van der Waals surface area contributed by atoms with Crippen LogP contribution in [0.5, 0.6) is 0 Å². The molecule has 1 aromatic heterocycles. The number of carbonyl (C=O) groups is 1. The van der Waals surface area contributed by atoms with Gasteiger partial charge in [-0.05, 0) is 18.1 Å². The van der Waals surface area contributed by atoms with Crippen LogP contribution in [0, 0.1) is 0 Å². The van der Waals surface area contributed by atoms with E-state index in [1.807, 2.05) is 0 Å². The maximum atomic E-state index is 12.4. The predicted octanol–water partition coefficient (Wildman–Crippen LogP) is 1.48. The molecule has 2 N–H and O–H groups in total. The molecular weight excluding hydrogens is 410 g/mol. The number of carbonyl (C=O) groups excluding carboxylic acids is 1. The number of nitrogens with one attached hydrogen (secondary N) is 2. The summed E-state index contributed by atoms with van der Waals surface area (Å²) in [4.78, 5) is 16.3. The molecule has 146 valence electrons. The number of sulfonamides is 1. The van der Waals surface area contributed by atoms with Gasteiger partial charge in [0.05, 0.1) is 5.75 Å². The summed E-state index contributed by atoms with van der Waals surface area (Å²) in [5.41, 5.74) is 0.669. The van der Waals surface area contributed by atoms with Gasteiger partial charge >= 0.3 is 0 Å². The Bertz CT molecular complexity index is 985. The van der Waals surface area contributed by atoms with E-state index in [2.05, 4.69) is 15.0 Å². The fraction of sp³-hybridized carbons (Fsp3) is 0.250. The van der Waals surface area contributed by atoms with Crippen molar-refractivity contribution in [3.8, 4) is 0 Å². The summed E-state index contributed by atoms with van der Waals surface area (Å²) in [5, 5.41) is 5.36. The van der Waals surface area contributed by atoms with Crippen LogP contribution in [-0.4, -0.2) is 45.8 Å². The highest BCUT2D eigenvalue weighted by atomic mass is 32.2. The van der Waals surface area contributed by atoms with Crippen LogP contribution >= 0.6 is 11.3 Å².